The minimum Gasteiger partial charge on any atom is -0.273 e. The molecule has 2 heterocycles. The summed E-state index contributed by atoms with van der Waals surface area (Å²) in [7, 11) is 0. The summed E-state index contributed by atoms with van der Waals surface area (Å²) < 4.78 is 1.43. The molecule has 5 nitrogen and oxygen atoms in total. The van der Waals surface area contributed by atoms with Crippen LogP contribution in [-0.2, 0) is 17.6 Å². The molecule has 0 unspecified atom stereocenters. The quantitative estimate of drug-likeness (QED) is 0.724. The SMILES string of the molecule is Cc1nc2sc3c(c2c(=O)n1NC(=O)CC12CC4CC(CC(C4)C1)C2)CCCCC3. The average molecular weight is 426 g/mol. The standard InChI is InChI=1S/C24H31N3O2S/c1-14-25-22-21(18-5-3-2-4-6-19(18)30-22)23(29)27(14)26-20(28)13-24-10-15-7-16(11-24)9-17(8-15)12-24/h15-17H,2-13H2,1H3,(H,26,28). The highest BCUT2D eigenvalue weighted by atomic mass is 32.1. The van der Waals surface area contributed by atoms with E-state index >= 15 is 0 Å². The van der Waals surface area contributed by atoms with Crippen molar-refractivity contribution in [3.8, 4) is 0 Å². The number of nitrogens with zero attached hydrogens (tertiary/aromatic N) is 2. The maximum atomic E-state index is 13.4. The summed E-state index contributed by atoms with van der Waals surface area (Å²) in [6.07, 6.45) is 13.8. The molecule has 0 aliphatic heterocycles. The van der Waals surface area contributed by atoms with Gasteiger partial charge in [0.05, 0.1) is 5.39 Å². The van der Waals surface area contributed by atoms with Gasteiger partial charge in [-0.2, -0.15) is 0 Å². The molecule has 160 valence electrons. The second-order valence-electron chi connectivity index (χ2n) is 10.7. The molecule has 30 heavy (non-hydrogen) atoms. The predicted molar refractivity (Wildman–Crippen MR) is 119 cm³/mol. The largest absolute Gasteiger partial charge is 0.281 e. The lowest BCUT2D eigenvalue weighted by molar-refractivity contribution is -0.125. The molecule has 1 N–H and O–H groups in total. The van der Waals surface area contributed by atoms with E-state index in [2.05, 4.69) is 5.43 Å². The third kappa shape index (κ3) is 3.05. The Balaban J connectivity index is 1.29. The molecule has 6 heteroatoms. The van der Waals surface area contributed by atoms with Crippen molar-refractivity contribution in [1.29, 1.82) is 0 Å². The number of fused-ring (bicyclic) bond motifs is 3. The number of carbonyl (C=O) groups is 1. The van der Waals surface area contributed by atoms with Gasteiger partial charge >= 0.3 is 0 Å². The zero-order chi connectivity index (χ0) is 20.5. The first-order valence-electron chi connectivity index (χ1n) is 11.8. The number of hydrogen-bond donors (Lipinski definition) is 1. The van der Waals surface area contributed by atoms with Crippen molar-refractivity contribution in [2.75, 3.05) is 5.43 Å². The number of aryl methyl sites for hydroxylation is 3. The van der Waals surface area contributed by atoms with Gasteiger partial charge in [-0.3, -0.25) is 15.0 Å². The van der Waals surface area contributed by atoms with E-state index in [4.69, 9.17) is 4.98 Å². The minimum atomic E-state index is -0.0873. The van der Waals surface area contributed by atoms with Crippen LogP contribution in [0.4, 0.5) is 0 Å². The molecule has 4 fully saturated rings. The molecule has 1 amide bonds. The Bertz CT molecular complexity index is 1050. The van der Waals surface area contributed by atoms with Crippen LogP contribution in [0.25, 0.3) is 10.2 Å². The van der Waals surface area contributed by atoms with Crippen LogP contribution in [0.1, 0.15) is 80.5 Å². The number of amides is 1. The van der Waals surface area contributed by atoms with Gasteiger partial charge in [-0.15, -0.1) is 11.3 Å². The fourth-order valence-corrected chi connectivity index (χ4v) is 8.92. The molecule has 0 saturated heterocycles. The van der Waals surface area contributed by atoms with Crippen LogP contribution in [0, 0.1) is 30.1 Å². The van der Waals surface area contributed by atoms with Gasteiger partial charge in [0.25, 0.3) is 5.56 Å². The maximum Gasteiger partial charge on any atom is 0.281 e. The number of nitrogens with one attached hydrogen (secondary N) is 1. The highest BCUT2D eigenvalue weighted by Crippen LogP contribution is 2.61. The molecule has 5 aliphatic rings. The van der Waals surface area contributed by atoms with Gasteiger partial charge in [0.15, 0.2) is 0 Å². The summed E-state index contributed by atoms with van der Waals surface area (Å²) in [6, 6.07) is 0. The summed E-state index contributed by atoms with van der Waals surface area (Å²) in [5.74, 6) is 3.06. The third-order valence-electron chi connectivity index (χ3n) is 8.34. The van der Waals surface area contributed by atoms with E-state index in [9.17, 15) is 9.59 Å². The number of aromatic nitrogens is 2. The van der Waals surface area contributed by atoms with Gasteiger partial charge in [-0.25, -0.2) is 9.66 Å². The van der Waals surface area contributed by atoms with Crippen molar-refractivity contribution in [1.82, 2.24) is 9.66 Å². The van der Waals surface area contributed by atoms with E-state index in [1.165, 1.54) is 66.5 Å². The Kier molecular flexibility index (Phi) is 4.38. The Morgan fingerprint density at radius 2 is 1.77 bits per heavy atom. The number of thiophene rings is 1. The molecule has 2 aromatic heterocycles. The summed E-state index contributed by atoms with van der Waals surface area (Å²) in [5, 5.41) is 0.748. The molecule has 4 bridgehead atoms. The Hall–Kier alpha value is -1.69. The molecule has 0 spiro atoms. The van der Waals surface area contributed by atoms with Gasteiger partial charge in [0.1, 0.15) is 10.7 Å². The molecular weight excluding hydrogens is 394 g/mol. The van der Waals surface area contributed by atoms with Crippen LogP contribution in [0.5, 0.6) is 0 Å². The smallest absolute Gasteiger partial charge is 0.273 e. The first kappa shape index (κ1) is 19.0. The first-order chi connectivity index (χ1) is 14.5. The zero-order valence-corrected chi connectivity index (χ0v) is 18.7. The van der Waals surface area contributed by atoms with E-state index in [0.717, 1.165) is 47.2 Å². The number of hydrogen-bond acceptors (Lipinski definition) is 4. The Morgan fingerprint density at radius 1 is 1.10 bits per heavy atom. The van der Waals surface area contributed by atoms with Gasteiger partial charge < -0.3 is 0 Å². The van der Waals surface area contributed by atoms with Crippen molar-refractivity contribution < 1.29 is 4.79 Å². The van der Waals surface area contributed by atoms with Crippen molar-refractivity contribution in [2.24, 2.45) is 23.2 Å². The normalized spacial score (nSPS) is 32.2. The van der Waals surface area contributed by atoms with Crippen molar-refractivity contribution in [3.05, 3.63) is 26.6 Å². The monoisotopic (exact) mass is 425 g/mol. The van der Waals surface area contributed by atoms with E-state index in [0.29, 0.717) is 12.2 Å². The predicted octanol–water partition coefficient (Wildman–Crippen LogP) is 4.71. The summed E-state index contributed by atoms with van der Waals surface area (Å²) in [5.41, 5.74) is 4.24. The van der Waals surface area contributed by atoms with Crippen molar-refractivity contribution >= 4 is 27.5 Å². The van der Waals surface area contributed by atoms with E-state index in [1.807, 2.05) is 6.92 Å². The molecule has 0 aromatic carbocycles. The van der Waals surface area contributed by atoms with Gasteiger partial charge in [0.2, 0.25) is 5.91 Å². The molecule has 0 radical (unpaired) electrons. The Labute approximate surface area is 181 Å². The van der Waals surface area contributed by atoms with E-state index in [-0.39, 0.29) is 16.9 Å². The van der Waals surface area contributed by atoms with E-state index in [1.54, 1.807) is 11.3 Å². The average Bonchev–Trinajstić information content (AvgIpc) is 2.85. The number of rotatable bonds is 3. The van der Waals surface area contributed by atoms with Crippen molar-refractivity contribution in [2.45, 2.75) is 84.0 Å². The number of carbonyl (C=O) groups excluding carboxylic acids is 1. The summed E-state index contributed by atoms with van der Waals surface area (Å²) in [4.78, 5) is 33.4. The van der Waals surface area contributed by atoms with Gasteiger partial charge in [-0.05, 0) is 99.9 Å². The lowest BCUT2D eigenvalue weighted by atomic mass is 9.49. The van der Waals surface area contributed by atoms with Gasteiger partial charge in [-0.1, -0.05) is 6.42 Å². The molecule has 0 atom stereocenters. The van der Waals surface area contributed by atoms with E-state index < -0.39 is 0 Å². The fraction of sp³-hybridized carbons (Fsp3) is 0.708. The lowest BCUT2D eigenvalue weighted by Gasteiger charge is -2.56. The van der Waals surface area contributed by atoms with Crippen LogP contribution >= 0.6 is 11.3 Å². The molecule has 2 aromatic rings. The lowest BCUT2D eigenvalue weighted by Crippen LogP contribution is -2.48. The van der Waals surface area contributed by atoms with Crippen LogP contribution in [0.15, 0.2) is 4.79 Å². The molecular formula is C24H31N3O2S. The second-order valence-corrected chi connectivity index (χ2v) is 11.8. The second kappa shape index (κ2) is 6.91. The molecule has 4 saturated carbocycles. The molecule has 5 aliphatic carbocycles. The maximum absolute atomic E-state index is 13.4. The Morgan fingerprint density at radius 3 is 2.47 bits per heavy atom. The highest BCUT2D eigenvalue weighted by Gasteiger charge is 2.51. The zero-order valence-electron chi connectivity index (χ0n) is 17.8. The third-order valence-corrected chi connectivity index (χ3v) is 9.53. The van der Waals surface area contributed by atoms with Crippen LogP contribution in [0.2, 0.25) is 0 Å². The fourth-order valence-electron chi connectivity index (χ4n) is 7.63. The van der Waals surface area contributed by atoms with Crippen LogP contribution < -0.4 is 11.0 Å². The van der Waals surface area contributed by atoms with Crippen LogP contribution in [-0.4, -0.2) is 15.6 Å². The minimum absolute atomic E-state index is 0.00961. The highest BCUT2D eigenvalue weighted by molar-refractivity contribution is 7.18. The molecule has 7 rings (SSSR count). The summed E-state index contributed by atoms with van der Waals surface area (Å²) >= 11 is 1.68. The topological polar surface area (TPSA) is 64.0 Å². The van der Waals surface area contributed by atoms with Crippen molar-refractivity contribution in [3.63, 3.8) is 0 Å². The van der Waals surface area contributed by atoms with Crippen LogP contribution in [0.3, 0.4) is 0 Å². The first-order valence-corrected chi connectivity index (χ1v) is 12.7. The van der Waals surface area contributed by atoms with Gasteiger partial charge in [0, 0.05) is 11.3 Å². The summed E-state index contributed by atoms with van der Waals surface area (Å²) in [6.45, 7) is 1.83.